The second kappa shape index (κ2) is 5.62. The molecular formula is C16H24O3Si. The number of methoxy groups -OCH3 is 2. The van der Waals surface area contributed by atoms with Crippen LogP contribution >= 0.6 is 0 Å². The van der Waals surface area contributed by atoms with E-state index in [4.69, 9.17) is 9.47 Å². The van der Waals surface area contributed by atoms with Crippen LogP contribution in [0.3, 0.4) is 0 Å². The molecule has 0 amide bonds. The lowest BCUT2D eigenvalue weighted by Gasteiger charge is -2.24. The number of aliphatic hydroxyl groups excluding tert-OH is 1. The summed E-state index contributed by atoms with van der Waals surface area (Å²) in [7, 11) is 1.78. The first-order valence-corrected chi connectivity index (χ1v) is 10.5. The first kappa shape index (κ1) is 15.1. The molecule has 1 N–H and O–H groups in total. The van der Waals surface area contributed by atoms with Crippen LogP contribution in [0.4, 0.5) is 0 Å². The molecule has 1 aliphatic carbocycles. The fraction of sp³-hybridized carbons (Fsp3) is 0.500. The molecule has 0 heterocycles. The maximum atomic E-state index is 9.76. The predicted octanol–water partition coefficient (Wildman–Crippen LogP) is 2.79. The molecule has 0 bridgehead atoms. The van der Waals surface area contributed by atoms with Gasteiger partial charge in [-0.15, -0.1) is 0 Å². The summed E-state index contributed by atoms with van der Waals surface area (Å²) >= 11 is 0. The highest BCUT2D eigenvalue weighted by molar-refractivity contribution is 6.89. The third kappa shape index (κ3) is 2.91. The van der Waals surface area contributed by atoms with E-state index < -0.39 is 8.07 Å². The lowest BCUT2D eigenvalue weighted by Crippen LogP contribution is -2.40. The van der Waals surface area contributed by atoms with Crippen molar-refractivity contribution in [3.8, 4) is 11.5 Å². The van der Waals surface area contributed by atoms with Crippen molar-refractivity contribution >= 4 is 18.8 Å². The summed E-state index contributed by atoms with van der Waals surface area (Å²) in [6.07, 6.45) is 2.21. The second-order valence-corrected chi connectivity index (χ2v) is 11.3. The van der Waals surface area contributed by atoms with Gasteiger partial charge in [-0.2, -0.15) is 0 Å². The highest BCUT2D eigenvalue weighted by atomic mass is 28.3. The standard InChI is InChI=1S/C16H24O3Si/c1-18-14-8-12(13(10-17)11-6-7-11)16(20(3,4)5)9-15(14)19-2/h8-9,17H,6-7,10H2,1-5H3. The molecule has 0 saturated heterocycles. The Morgan fingerprint density at radius 2 is 1.65 bits per heavy atom. The summed E-state index contributed by atoms with van der Waals surface area (Å²) < 4.78 is 10.9. The van der Waals surface area contributed by atoms with E-state index in [1.165, 1.54) is 10.8 Å². The fourth-order valence-electron chi connectivity index (χ4n) is 2.50. The Bertz CT molecular complexity index is 535. The quantitative estimate of drug-likeness (QED) is 0.848. The topological polar surface area (TPSA) is 38.7 Å². The fourth-order valence-corrected chi connectivity index (χ4v) is 4.10. The zero-order chi connectivity index (χ0) is 14.9. The Kier molecular flexibility index (Phi) is 4.25. The zero-order valence-corrected chi connectivity index (χ0v) is 14.0. The van der Waals surface area contributed by atoms with Crippen molar-refractivity contribution in [2.45, 2.75) is 32.5 Å². The van der Waals surface area contributed by atoms with E-state index in [0.29, 0.717) is 0 Å². The minimum Gasteiger partial charge on any atom is -0.493 e. The van der Waals surface area contributed by atoms with Crippen molar-refractivity contribution in [3.63, 3.8) is 0 Å². The monoisotopic (exact) mass is 292 g/mol. The van der Waals surface area contributed by atoms with Crippen LogP contribution < -0.4 is 14.7 Å². The molecule has 0 radical (unpaired) electrons. The first-order chi connectivity index (χ1) is 9.42. The van der Waals surface area contributed by atoms with Crippen LogP contribution in [0.5, 0.6) is 11.5 Å². The summed E-state index contributed by atoms with van der Waals surface area (Å²) in [6, 6.07) is 4.13. The van der Waals surface area contributed by atoms with E-state index in [-0.39, 0.29) is 6.61 Å². The van der Waals surface area contributed by atoms with Crippen molar-refractivity contribution in [3.05, 3.63) is 23.3 Å². The van der Waals surface area contributed by atoms with Crippen LogP contribution in [-0.2, 0) is 0 Å². The maximum Gasteiger partial charge on any atom is 0.161 e. The van der Waals surface area contributed by atoms with Gasteiger partial charge in [-0.05, 0) is 41.3 Å². The number of ether oxygens (including phenoxy) is 2. The molecule has 0 unspecified atom stereocenters. The van der Waals surface area contributed by atoms with E-state index in [0.717, 1.165) is 35.5 Å². The Balaban J connectivity index is 2.67. The molecule has 20 heavy (non-hydrogen) atoms. The van der Waals surface area contributed by atoms with Crippen molar-refractivity contribution in [2.75, 3.05) is 20.8 Å². The van der Waals surface area contributed by atoms with Crippen molar-refractivity contribution in [1.29, 1.82) is 0 Å². The Morgan fingerprint density at radius 1 is 1.10 bits per heavy atom. The lowest BCUT2D eigenvalue weighted by molar-refractivity contribution is 0.348. The molecule has 1 fully saturated rings. The molecule has 0 aromatic heterocycles. The van der Waals surface area contributed by atoms with Crippen LogP contribution in [0.1, 0.15) is 18.4 Å². The number of rotatable bonds is 5. The average molecular weight is 292 g/mol. The van der Waals surface area contributed by atoms with Crippen molar-refractivity contribution in [2.24, 2.45) is 0 Å². The van der Waals surface area contributed by atoms with Crippen molar-refractivity contribution in [1.82, 2.24) is 0 Å². The van der Waals surface area contributed by atoms with E-state index in [1.807, 2.05) is 6.07 Å². The van der Waals surface area contributed by atoms with Gasteiger partial charge in [-0.1, -0.05) is 25.2 Å². The van der Waals surface area contributed by atoms with Gasteiger partial charge in [0.15, 0.2) is 11.5 Å². The number of aliphatic hydroxyl groups is 1. The van der Waals surface area contributed by atoms with Gasteiger partial charge in [0.2, 0.25) is 0 Å². The summed E-state index contributed by atoms with van der Waals surface area (Å²) in [5.41, 5.74) is 3.61. The van der Waals surface area contributed by atoms with Crippen LogP contribution in [0.2, 0.25) is 19.6 Å². The van der Waals surface area contributed by atoms with Crippen LogP contribution in [0.15, 0.2) is 17.7 Å². The van der Waals surface area contributed by atoms with Gasteiger partial charge in [0.25, 0.3) is 0 Å². The molecule has 1 aliphatic rings. The lowest BCUT2D eigenvalue weighted by atomic mass is 10.0. The van der Waals surface area contributed by atoms with Gasteiger partial charge in [0, 0.05) is 0 Å². The number of benzene rings is 1. The summed E-state index contributed by atoms with van der Waals surface area (Å²) in [6.45, 7) is 7.03. The molecule has 110 valence electrons. The largest absolute Gasteiger partial charge is 0.493 e. The normalized spacial score (nSPS) is 14.2. The van der Waals surface area contributed by atoms with Gasteiger partial charge < -0.3 is 14.6 Å². The van der Waals surface area contributed by atoms with Crippen LogP contribution in [-0.4, -0.2) is 34.0 Å². The number of hydrogen-bond donors (Lipinski definition) is 1. The molecule has 0 spiro atoms. The van der Waals surface area contributed by atoms with E-state index >= 15 is 0 Å². The molecule has 4 heteroatoms. The molecule has 2 rings (SSSR count). The highest BCUT2D eigenvalue weighted by Gasteiger charge is 2.27. The summed E-state index contributed by atoms with van der Waals surface area (Å²) in [5.74, 6) is 1.50. The first-order valence-electron chi connectivity index (χ1n) is 7.01. The maximum absolute atomic E-state index is 9.76. The second-order valence-electron chi connectivity index (χ2n) is 6.24. The SMILES string of the molecule is COc1cc(C(CO)=C2CC2)c([Si](C)(C)C)cc1OC. The van der Waals surface area contributed by atoms with Crippen molar-refractivity contribution < 1.29 is 14.6 Å². The molecular weight excluding hydrogens is 268 g/mol. The molecule has 1 aromatic rings. The number of allylic oxidation sites excluding steroid dienone is 1. The average Bonchev–Trinajstić information content (AvgIpc) is 3.22. The van der Waals surface area contributed by atoms with Crippen LogP contribution in [0.25, 0.3) is 5.57 Å². The molecule has 3 nitrogen and oxygen atoms in total. The highest BCUT2D eigenvalue weighted by Crippen LogP contribution is 2.38. The van der Waals surface area contributed by atoms with E-state index in [2.05, 4.69) is 25.7 Å². The third-order valence-corrected chi connectivity index (χ3v) is 5.77. The van der Waals surface area contributed by atoms with E-state index in [1.54, 1.807) is 14.2 Å². The minimum absolute atomic E-state index is 0.0995. The molecule has 0 atom stereocenters. The summed E-state index contributed by atoms with van der Waals surface area (Å²) in [5, 5.41) is 11.1. The molecule has 1 aromatic carbocycles. The molecule has 1 saturated carbocycles. The zero-order valence-electron chi connectivity index (χ0n) is 13.0. The van der Waals surface area contributed by atoms with Gasteiger partial charge in [0.1, 0.15) is 0 Å². The number of hydrogen-bond acceptors (Lipinski definition) is 3. The van der Waals surface area contributed by atoms with Gasteiger partial charge in [-0.25, -0.2) is 0 Å². The van der Waals surface area contributed by atoms with Gasteiger partial charge >= 0.3 is 0 Å². The third-order valence-electron chi connectivity index (χ3n) is 3.74. The summed E-state index contributed by atoms with van der Waals surface area (Å²) in [4.78, 5) is 0. The predicted molar refractivity (Wildman–Crippen MR) is 85.8 cm³/mol. The minimum atomic E-state index is -1.54. The Hall–Kier alpha value is -1.26. The molecule has 0 aliphatic heterocycles. The Labute approximate surface area is 122 Å². The smallest absolute Gasteiger partial charge is 0.161 e. The van der Waals surface area contributed by atoms with Crippen LogP contribution in [0, 0.1) is 0 Å². The van der Waals surface area contributed by atoms with Gasteiger partial charge in [-0.3, -0.25) is 0 Å². The van der Waals surface area contributed by atoms with Gasteiger partial charge in [0.05, 0.1) is 28.9 Å². The van der Waals surface area contributed by atoms with E-state index in [9.17, 15) is 5.11 Å². The Morgan fingerprint density at radius 3 is 2.05 bits per heavy atom.